The van der Waals surface area contributed by atoms with Crippen LogP contribution in [0.3, 0.4) is 0 Å². The second-order valence-electron chi connectivity index (χ2n) is 6.72. The van der Waals surface area contributed by atoms with Gasteiger partial charge >= 0.3 is 0 Å². The van der Waals surface area contributed by atoms with E-state index in [-0.39, 0.29) is 47.4 Å². The number of carbonyl (C=O) groups excluding carboxylic acids is 1. The Balaban J connectivity index is 1.66. The number of nitrogens with zero attached hydrogens (tertiary/aromatic N) is 1. The molecule has 0 saturated heterocycles. The molecule has 0 fully saturated rings. The fourth-order valence-electron chi connectivity index (χ4n) is 3.28. The minimum atomic E-state index is -3.70. The smallest absolute Gasteiger partial charge is 0.265 e. The van der Waals surface area contributed by atoms with Crippen LogP contribution in [-0.2, 0) is 26.0 Å². The molecule has 3 rings (SSSR count). The van der Waals surface area contributed by atoms with Crippen molar-refractivity contribution in [2.45, 2.75) is 24.3 Å². The zero-order valence-corrected chi connectivity index (χ0v) is 17.8. The topological polar surface area (TPSA) is 84.9 Å². The number of benzene rings is 2. The van der Waals surface area contributed by atoms with Gasteiger partial charge in [0.2, 0.25) is 10.0 Å². The number of nitrogens with one attached hydrogen (secondary N) is 1. The lowest BCUT2D eigenvalue weighted by atomic mass is 10.1. The predicted molar refractivity (Wildman–Crippen MR) is 111 cm³/mol. The molecule has 9 heteroatoms. The van der Waals surface area contributed by atoms with E-state index < -0.39 is 10.0 Å². The zero-order valence-electron chi connectivity index (χ0n) is 16.2. The van der Waals surface area contributed by atoms with Crippen molar-refractivity contribution in [3.63, 3.8) is 0 Å². The summed E-state index contributed by atoms with van der Waals surface area (Å²) in [6, 6.07) is 12.0. The SMILES string of the molecule is COCCNS(=O)(=O)c1ccc(OCC(=O)N2c3ccccc3C[C@@H]2C)c(Cl)c1. The maximum atomic E-state index is 12.7. The number of sulfonamides is 1. The maximum Gasteiger partial charge on any atom is 0.265 e. The minimum Gasteiger partial charge on any atom is -0.482 e. The molecule has 1 aliphatic rings. The van der Waals surface area contributed by atoms with Crippen LogP contribution in [0.2, 0.25) is 5.02 Å². The third kappa shape index (κ3) is 4.90. The molecule has 1 amide bonds. The van der Waals surface area contributed by atoms with E-state index >= 15 is 0 Å². The van der Waals surface area contributed by atoms with Gasteiger partial charge in [-0.15, -0.1) is 0 Å². The zero-order chi connectivity index (χ0) is 21.0. The first kappa shape index (κ1) is 21.6. The number of methoxy groups -OCH3 is 1. The van der Waals surface area contributed by atoms with Crippen molar-refractivity contribution in [1.82, 2.24) is 4.72 Å². The standard InChI is InChI=1S/C20H23ClN2O5S/c1-14-11-15-5-3-4-6-18(15)23(14)20(24)13-28-19-8-7-16(12-17(19)21)29(25,26)22-9-10-27-2/h3-8,12,14,22H,9-11,13H2,1-2H3/t14-/m0/s1. The number of hydrogen-bond donors (Lipinski definition) is 1. The summed E-state index contributed by atoms with van der Waals surface area (Å²) in [5.41, 5.74) is 2.02. The molecule has 0 aromatic heterocycles. The van der Waals surface area contributed by atoms with Gasteiger partial charge in [-0.2, -0.15) is 0 Å². The van der Waals surface area contributed by atoms with Crippen molar-refractivity contribution in [3.05, 3.63) is 53.1 Å². The fourth-order valence-corrected chi connectivity index (χ4v) is 4.62. The van der Waals surface area contributed by atoms with E-state index in [1.165, 1.54) is 25.3 Å². The highest BCUT2D eigenvalue weighted by atomic mass is 35.5. The molecule has 1 heterocycles. The number of hydrogen-bond acceptors (Lipinski definition) is 5. The number of rotatable bonds is 8. The second-order valence-corrected chi connectivity index (χ2v) is 8.89. The van der Waals surface area contributed by atoms with Gasteiger partial charge in [-0.05, 0) is 43.2 Å². The first-order valence-corrected chi connectivity index (χ1v) is 11.0. The van der Waals surface area contributed by atoms with E-state index in [1.807, 2.05) is 31.2 Å². The van der Waals surface area contributed by atoms with Gasteiger partial charge < -0.3 is 14.4 Å². The molecule has 0 bridgehead atoms. The van der Waals surface area contributed by atoms with Crippen LogP contribution in [0.5, 0.6) is 5.75 Å². The van der Waals surface area contributed by atoms with E-state index in [0.717, 1.165) is 17.7 Å². The maximum absolute atomic E-state index is 12.7. The molecule has 29 heavy (non-hydrogen) atoms. The summed E-state index contributed by atoms with van der Waals surface area (Å²) in [4.78, 5) is 14.5. The highest BCUT2D eigenvalue weighted by molar-refractivity contribution is 7.89. The third-order valence-corrected chi connectivity index (χ3v) is 6.39. The normalized spacial score (nSPS) is 16.0. The van der Waals surface area contributed by atoms with Gasteiger partial charge in [0.25, 0.3) is 5.91 Å². The largest absolute Gasteiger partial charge is 0.482 e. The fraction of sp³-hybridized carbons (Fsp3) is 0.350. The number of para-hydroxylation sites is 1. The molecule has 1 aliphatic heterocycles. The molecule has 0 spiro atoms. The Morgan fingerprint density at radius 2 is 2.03 bits per heavy atom. The molecule has 0 aliphatic carbocycles. The number of carbonyl (C=O) groups is 1. The molecule has 1 atom stereocenters. The van der Waals surface area contributed by atoms with E-state index in [0.29, 0.717) is 0 Å². The molecule has 0 radical (unpaired) electrons. The molecule has 0 unspecified atom stereocenters. The number of fused-ring (bicyclic) bond motifs is 1. The van der Waals surface area contributed by atoms with Gasteiger partial charge in [0, 0.05) is 25.4 Å². The number of halogens is 1. The number of amides is 1. The van der Waals surface area contributed by atoms with Crippen LogP contribution in [0.25, 0.3) is 0 Å². The average Bonchev–Trinajstić information content (AvgIpc) is 3.02. The molecular weight excluding hydrogens is 416 g/mol. The molecule has 1 N–H and O–H groups in total. The van der Waals surface area contributed by atoms with Crippen LogP contribution in [-0.4, -0.2) is 47.2 Å². The first-order valence-electron chi connectivity index (χ1n) is 9.14. The number of ether oxygens (including phenoxy) is 2. The van der Waals surface area contributed by atoms with Crippen LogP contribution in [0.15, 0.2) is 47.4 Å². The lowest BCUT2D eigenvalue weighted by Gasteiger charge is -2.23. The Hall–Kier alpha value is -2.13. The van der Waals surface area contributed by atoms with Gasteiger partial charge in [-0.3, -0.25) is 4.79 Å². The van der Waals surface area contributed by atoms with Gasteiger partial charge in [0.1, 0.15) is 5.75 Å². The second kappa shape index (κ2) is 9.13. The summed E-state index contributed by atoms with van der Waals surface area (Å²) in [5.74, 6) is 0.0624. The summed E-state index contributed by atoms with van der Waals surface area (Å²) < 4.78 is 37.3. The first-order chi connectivity index (χ1) is 13.8. The summed E-state index contributed by atoms with van der Waals surface area (Å²) in [5, 5.41) is 0.113. The average molecular weight is 439 g/mol. The van der Waals surface area contributed by atoms with Gasteiger partial charge in [0.05, 0.1) is 16.5 Å². The summed E-state index contributed by atoms with van der Waals surface area (Å²) in [7, 11) is -2.22. The Kier molecular flexibility index (Phi) is 6.79. The van der Waals surface area contributed by atoms with Crippen molar-refractivity contribution in [2.75, 3.05) is 31.8 Å². The summed E-state index contributed by atoms with van der Waals surface area (Å²) in [6.07, 6.45) is 0.797. The van der Waals surface area contributed by atoms with Crippen LogP contribution in [0, 0.1) is 0 Å². The third-order valence-electron chi connectivity index (χ3n) is 4.64. The molecule has 2 aromatic rings. The van der Waals surface area contributed by atoms with E-state index in [1.54, 1.807) is 4.90 Å². The Morgan fingerprint density at radius 1 is 1.28 bits per heavy atom. The summed E-state index contributed by atoms with van der Waals surface area (Å²) in [6.45, 7) is 2.20. The highest BCUT2D eigenvalue weighted by Gasteiger charge is 2.30. The Labute approximate surface area is 175 Å². The van der Waals surface area contributed by atoms with Gasteiger partial charge in [0.15, 0.2) is 6.61 Å². The van der Waals surface area contributed by atoms with Gasteiger partial charge in [-0.25, -0.2) is 13.1 Å². The lowest BCUT2D eigenvalue weighted by Crippen LogP contribution is -2.39. The minimum absolute atomic E-state index is 0.0133. The van der Waals surface area contributed by atoms with E-state index in [9.17, 15) is 13.2 Å². The quantitative estimate of drug-likeness (QED) is 0.640. The van der Waals surface area contributed by atoms with Crippen molar-refractivity contribution in [3.8, 4) is 5.75 Å². The molecule has 2 aromatic carbocycles. The number of anilines is 1. The van der Waals surface area contributed by atoms with Crippen LogP contribution in [0.1, 0.15) is 12.5 Å². The van der Waals surface area contributed by atoms with Crippen molar-refractivity contribution >= 4 is 33.2 Å². The van der Waals surface area contributed by atoms with Gasteiger partial charge in [-0.1, -0.05) is 29.8 Å². The molecular formula is C20H23ClN2O5S. The monoisotopic (exact) mass is 438 g/mol. The highest BCUT2D eigenvalue weighted by Crippen LogP contribution is 2.32. The van der Waals surface area contributed by atoms with E-state index in [4.69, 9.17) is 21.1 Å². The molecule has 7 nitrogen and oxygen atoms in total. The Bertz CT molecular complexity index is 996. The predicted octanol–water partition coefficient (Wildman–Crippen LogP) is 2.62. The van der Waals surface area contributed by atoms with Crippen LogP contribution in [0.4, 0.5) is 5.69 Å². The van der Waals surface area contributed by atoms with Crippen LogP contribution < -0.4 is 14.4 Å². The molecule has 156 valence electrons. The van der Waals surface area contributed by atoms with Crippen LogP contribution >= 0.6 is 11.6 Å². The van der Waals surface area contributed by atoms with Crippen molar-refractivity contribution < 1.29 is 22.7 Å². The van der Waals surface area contributed by atoms with E-state index in [2.05, 4.69) is 4.72 Å². The lowest BCUT2D eigenvalue weighted by molar-refractivity contribution is -0.120. The summed E-state index contributed by atoms with van der Waals surface area (Å²) >= 11 is 6.18. The molecule has 0 saturated carbocycles. The van der Waals surface area contributed by atoms with Crippen molar-refractivity contribution in [2.24, 2.45) is 0 Å². The Morgan fingerprint density at radius 3 is 2.76 bits per heavy atom. The van der Waals surface area contributed by atoms with Crippen molar-refractivity contribution in [1.29, 1.82) is 0 Å².